The molecule has 0 bridgehead atoms. The van der Waals surface area contributed by atoms with Gasteiger partial charge in [-0.05, 0) is 40.0 Å². The zero-order chi connectivity index (χ0) is 15.9. The summed E-state index contributed by atoms with van der Waals surface area (Å²) < 4.78 is 12.5. The summed E-state index contributed by atoms with van der Waals surface area (Å²) in [5, 5.41) is 17.6. The molecular formula is C17H25FO2. The molecule has 0 amide bonds. The molecule has 1 rings (SSSR count). The number of phenolic OH excluding ortho intramolecular Hbond substituents is 2. The zero-order valence-electron chi connectivity index (χ0n) is 13.0. The normalized spacial score (nSPS) is 11.1. The van der Waals surface area contributed by atoms with Gasteiger partial charge < -0.3 is 10.2 Å². The highest BCUT2D eigenvalue weighted by Crippen LogP contribution is 2.24. The Labute approximate surface area is 121 Å². The number of phenols is 2. The molecule has 0 heterocycles. The van der Waals surface area contributed by atoms with E-state index < -0.39 is 5.82 Å². The molecule has 112 valence electrons. The molecule has 0 radical (unpaired) electrons. The van der Waals surface area contributed by atoms with Crippen LogP contribution in [0.1, 0.15) is 39.7 Å². The molecule has 0 saturated heterocycles. The highest BCUT2D eigenvalue weighted by Gasteiger charge is 2.03. The molecule has 0 aliphatic heterocycles. The lowest BCUT2D eigenvalue weighted by Crippen LogP contribution is -1.92. The first-order valence-electron chi connectivity index (χ1n) is 6.62. The molecule has 1 unspecified atom stereocenters. The molecular weight excluding hydrogens is 255 g/mol. The third kappa shape index (κ3) is 6.98. The summed E-state index contributed by atoms with van der Waals surface area (Å²) >= 11 is 0. The van der Waals surface area contributed by atoms with Gasteiger partial charge in [-0.1, -0.05) is 30.7 Å². The average molecular weight is 280 g/mol. The Morgan fingerprint density at radius 3 is 2.25 bits per heavy atom. The molecule has 0 aromatic heterocycles. The van der Waals surface area contributed by atoms with Crippen LogP contribution in [0.3, 0.4) is 0 Å². The van der Waals surface area contributed by atoms with Gasteiger partial charge in [0, 0.05) is 17.7 Å². The second-order valence-corrected chi connectivity index (χ2v) is 5.34. The summed E-state index contributed by atoms with van der Waals surface area (Å²) in [5.74, 6) is -0.453. The van der Waals surface area contributed by atoms with Crippen molar-refractivity contribution in [1.29, 1.82) is 0 Å². The van der Waals surface area contributed by atoms with Crippen LogP contribution in [-0.2, 0) is 0 Å². The molecule has 1 atom stereocenters. The monoisotopic (exact) mass is 280 g/mol. The summed E-state index contributed by atoms with van der Waals surface area (Å²) in [4.78, 5) is 0. The van der Waals surface area contributed by atoms with Crippen molar-refractivity contribution in [2.75, 3.05) is 0 Å². The van der Waals surface area contributed by atoms with Crippen molar-refractivity contribution in [3.05, 3.63) is 47.3 Å². The standard InChI is InChI=1S/C10H18.C7H7FO2/c1-8(2)6-7-10(5)9(3)4;1-4-6(8)2-5(9)3-7(4)10/h6,10H,3,7H2,1-2,4-5H3;2-3,9-10H,1H3. The predicted octanol–water partition coefficient (Wildman–Crippen LogP) is 5.10. The van der Waals surface area contributed by atoms with E-state index in [9.17, 15) is 4.39 Å². The second kappa shape index (κ2) is 8.41. The quantitative estimate of drug-likeness (QED) is 0.756. The number of hydrogen-bond acceptors (Lipinski definition) is 2. The van der Waals surface area contributed by atoms with Crippen LogP contribution >= 0.6 is 0 Å². The third-order valence-corrected chi connectivity index (χ3v) is 3.02. The molecule has 1 aromatic rings. The number of benzene rings is 1. The van der Waals surface area contributed by atoms with Crippen LogP contribution in [-0.4, -0.2) is 10.2 Å². The SMILES string of the molecule is C=C(C)C(C)CC=C(C)C.Cc1c(O)cc(O)cc1F. The van der Waals surface area contributed by atoms with Crippen molar-refractivity contribution in [2.24, 2.45) is 5.92 Å². The highest BCUT2D eigenvalue weighted by atomic mass is 19.1. The minimum atomic E-state index is -0.600. The van der Waals surface area contributed by atoms with Crippen LogP contribution in [0.2, 0.25) is 0 Å². The van der Waals surface area contributed by atoms with Gasteiger partial charge in [-0.2, -0.15) is 0 Å². The van der Waals surface area contributed by atoms with Gasteiger partial charge in [0.25, 0.3) is 0 Å². The van der Waals surface area contributed by atoms with Gasteiger partial charge in [-0.25, -0.2) is 4.39 Å². The molecule has 0 fully saturated rings. The largest absolute Gasteiger partial charge is 0.508 e. The lowest BCUT2D eigenvalue weighted by Gasteiger charge is -2.06. The molecule has 0 aliphatic rings. The van der Waals surface area contributed by atoms with Gasteiger partial charge in [0.2, 0.25) is 0 Å². The molecule has 20 heavy (non-hydrogen) atoms. The summed E-state index contributed by atoms with van der Waals surface area (Å²) in [6, 6.07) is 2.05. The Kier molecular flexibility index (Phi) is 7.67. The van der Waals surface area contributed by atoms with Crippen LogP contribution in [0.15, 0.2) is 35.9 Å². The summed E-state index contributed by atoms with van der Waals surface area (Å²) in [5.41, 5.74) is 2.82. The fourth-order valence-electron chi connectivity index (χ4n) is 1.26. The van der Waals surface area contributed by atoms with E-state index in [4.69, 9.17) is 10.2 Å². The molecule has 2 N–H and O–H groups in total. The maximum atomic E-state index is 12.5. The van der Waals surface area contributed by atoms with Gasteiger partial charge in [-0.3, -0.25) is 0 Å². The lowest BCUT2D eigenvalue weighted by atomic mass is 10.00. The third-order valence-electron chi connectivity index (χ3n) is 3.02. The van der Waals surface area contributed by atoms with E-state index >= 15 is 0 Å². The van der Waals surface area contributed by atoms with Gasteiger partial charge in [0.05, 0.1) is 0 Å². The van der Waals surface area contributed by atoms with Gasteiger partial charge in [-0.15, -0.1) is 0 Å². The minimum absolute atomic E-state index is 0.151. The summed E-state index contributed by atoms with van der Waals surface area (Å²) in [6.45, 7) is 13.9. The van der Waals surface area contributed by atoms with Crippen molar-refractivity contribution in [2.45, 2.75) is 41.0 Å². The number of aromatic hydroxyl groups is 2. The van der Waals surface area contributed by atoms with Crippen LogP contribution in [0, 0.1) is 18.7 Å². The zero-order valence-corrected chi connectivity index (χ0v) is 13.0. The van der Waals surface area contributed by atoms with E-state index in [1.165, 1.54) is 18.1 Å². The summed E-state index contributed by atoms with van der Waals surface area (Å²) in [7, 11) is 0. The maximum absolute atomic E-state index is 12.5. The van der Waals surface area contributed by atoms with Gasteiger partial charge in [0.15, 0.2) is 0 Å². The van der Waals surface area contributed by atoms with Crippen LogP contribution < -0.4 is 0 Å². The number of halogens is 1. The Balaban J connectivity index is 0.000000361. The Bertz CT molecular complexity index is 463. The van der Waals surface area contributed by atoms with E-state index in [0.29, 0.717) is 5.92 Å². The second-order valence-electron chi connectivity index (χ2n) is 5.34. The van der Waals surface area contributed by atoms with Crippen LogP contribution in [0.4, 0.5) is 4.39 Å². The Hall–Kier alpha value is -1.77. The van der Waals surface area contributed by atoms with Crippen LogP contribution in [0.25, 0.3) is 0 Å². The number of hydrogen-bond donors (Lipinski definition) is 2. The first-order chi connectivity index (χ1) is 9.15. The fraction of sp³-hybridized carbons (Fsp3) is 0.412. The highest BCUT2D eigenvalue weighted by molar-refractivity contribution is 5.38. The van der Waals surface area contributed by atoms with Crippen LogP contribution in [0.5, 0.6) is 11.5 Å². The van der Waals surface area contributed by atoms with E-state index in [1.54, 1.807) is 0 Å². The molecule has 1 aromatic carbocycles. The van der Waals surface area contributed by atoms with E-state index in [2.05, 4.69) is 40.3 Å². The fourth-order valence-corrected chi connectivity index (χ4v) is 1.26. The van der Waals surface area contributed by atoms with Crippen molar-refractivity contribution in [3.63, 3.8) is 0 Å². The topological polar surface area (TPSA) is 40.5 Å². The number of allylic oxidation sites excluding steroid dienone is 3. The van der Waals surface area contributed by atoms with Gasteiger partial charge >= 0.3 is 0 Å². The molecule has 0 spiro atoms. The first kappa shape index (κ1) is 18.2. The van der Waals surface area contributed by atoms with Gasteiger partial charge in [0.1, 0.15) is 17.3 Å². The minimum Gasteiger partial charge on any atom is -0.508 e. The van der Waals surface area contributed by atoms with E-state index in [1.807, 2.05) is 0 Å². The van der Waals surface area contributed by atoms with E-state index in [-0.39, 0.29) is 17.1 Å². The molecule has 0 aliphatic carbocycles. The molecule has 2 nitrogen and oxygen atoms in total. The average Bonchev–Trinajstić information content (AvgIpc) is 2.33. The van der Waals surface area contributed by atoms with Crippen molar-refractivity contribution in [1.82, 2.24) is 0 Å². The van der Waals surface area contributed by atoms with Crippen molar-refractivity contribution in [3.8, 4) is 11.5 Å². The Morgan fingerprint density at radius 1 is 1.30 bits per heavy atom. The molecule has 3 heteroatoms. The number of rotatable bonds is 3. The maximum Gasteiger partial charge on any atom is 0.133 e. The Morgan fingerprint density at radius 2 is 1.85 bits per heavy atom. The van der Waals surface area contributed by atoms with Crippen molar-refractivity contribution < 1.29 is 14.6 Å². The van der Waals surface area contributed by atoms with E-state index in [0.717, 1.165) is 18.6 Å². The first-order valence-corrected chi connectivity index (χ1v) is 6.62. The lowest BCUT2D eigenvalue weighted by molar-refractivity contribution is 0.437. The predicted molar refractivity (Wildman–Crippen MR) is 82.5 cm³/mol. The van der Waals surface area contributed by atoms with Crippen molar-refractivity contribution >= 4 is 0 Å². The molecule has 0 saturated carbocycles. The summed E-state index contributed by atoms with van der Waals surface area (Å²) in [6.07, 6.45) is 3.40. The smallest absolute Gasteiger partial charge is 0.133 e.